The van der Waals surface area contributed by atoms with Crippen molar-refractivity contribution in [3.8, 4) is 0 Å². The summed E-state index contributed by atoms with van der Waals surface area (Å²) in [5.41, 5.74) is -0.470. The van der Waals surface area contributed by atoms with E-state index in [0.29, 0.717) is 25.0 Å². The van der Waals surface area contributed by atoms with Gasteiger partial charge in [-0.1, -0.05) is 19.8 Å². The summed E-state index contributed by atoms with van der Waals surface area (Å²) in [6.45, 7) is 9.05. The van der Waals surface area contributed by atoms with Crippen LogP contribution in [0.25, 0.3) is 0 Å². The summed E-state index contributed by atoms with van der Waals surface area (Å²) in [5.74, 6) is 0.782. The molecule has 5 nitrogen and oxygen atoms in total. The summed E-state index contributed by atoms with van der Waals surface area (Å²) >= 11 is 0. The average Bonchev–Trinajstić information content (AvgIpc) is 2.48. The standard InChI is InChI=1S/C18H32N2O3/c1-13-7-5-6-8-15(13)19-16(21)14-9-11-20(12-10-14)17(22)23-18(2,3)4/h13-15H,5-12H2,1-4H3,(H,19,21)/t13-,15-/m1/s1. The molecule has 2 amide bonds. The number of likely N-dealkylation sites (tertiary alicyclic amines) is 1. The quantitative estimate of drug-likeness (QED) is 0.847. The lowest BCUT2D eigenvalue weighted by Crippen LogP contribution is -2.48. The van der Waals surface area contributed by atoms with Crippen LogP contribution in [0.5, 0.6) is 0 Å². The van der Waals surface area contributed by atoms with Gasteiger partial charge in [-0.3, -0.25) is 4.79 Å². The van der Waals surface area contributed by atoms with Gasteiger partial charge in [0.05, 0.1) is 0 Å². The zero-order chi connectivity index (χ0) is 17.0. The van der Waals surface area contributed by atoms with Crippen molar-refractivity contribution in [3.05, 3.63) is 0 Å². The van der Waals surface area contributed by atoms with Crippen molar-refractivity contribution in [2.24, 2.45) is 11.8 Å². The lowest BCUT2D eigenvalue weighted by Gasteiger charge is -2.35. The number of nitrogens with zero attached hydrogens (tertiary/aromatic N) is 1. The molecule has 0 aromatic carbocycles. The maximum atomic E-state index is 12.5. The maximum absolute atomic E-state index is 12.5. The van der Waals surface area contributed by atoms with Crippen LogP contribution in [-0.2, 0) is 9.53 Å². The number of hydrogen-bond acceptors (Lipinski definition) is 3. The molecule has 132 valence electrons. The van der Waals surface area contributed by atoms with E-state index >= 15 is 0 Å². The molecule has 0 aromatic heterocycles. The second-order valence-corrected chi connectivity index (χ2v) is 8.12. The van der Waals surface area contributed by atoms with E-state index in [2.05, 4.69) is 12.2 Å². The first kappa shape index (κ1) is 18.1. The van der Waals surface area contributed by atoms with Gasteiger partial charge in [0.25, 0.3) is 0 Å². The summed E-state index contributed by atoms with van der Waals surface area (Å²) in [6.07, 6.45) is 6.00. The molecule has 2 atom stereocenters. The predicted molar refractivity (Wildman–Crippen MR) is 90.1 cm³/mol. The van der Waals surface area contributed by atoms with Crippen molar-refractivity contribution in [3.63, 3.8) is 0 Å². The Bertz CT molecular complexity index is 422. The van der Waals surface area contributed by atoms with Crippen LogP contribution in [0.15, 0.2) is 0 Å². The molecule has 1 saturated heterocycles. The number of rotatable bonds is 2. The summed E-state index contributed by atoms with van der Waals surface area (Å²) in [7, 11) is 0. The van der Waals surface area contributed by atoms with Gasteiger partial charge in [-0.05, 0) is 52.4 Å². The van der Waals surface area contributed by atoms with Crippen molar-refractivity contribution in [1.29, 1.82) is 0 Å². The Labute approximate surface area is 140 Å². The van der Waals surface area contributed by atoms with E-state index in [0.717, 1.165) is 19.3 Å². The summed E-state index contributed by atoms with van der Waals surface area (Å²) in [5, 5.41) is 3.25. The van der Waals surface area contributed by atoms with Gasteiger partial charge in [-0.15, -0.1) is 0 Å². The van der Waals surface area contributed by atoms with Gasteiger partial charge in [-0.25, -0.2) is 4.79 Å². The SMILES string of the molecule is C[C@@H]1CCCC[C@H]1NC(=O)C1CCN(C(=O)OC(C)(C)C)CC1. The zero-order valence-electron chi connectivity index (χ0n) is 15.1. The molecule has 0 spiro atoms. The van der Waals surface area contributed by atoms with Crippen LogP contribution in [0.1, 0.15) is 66.2 Å². The number of amides is 2. The monoisotopic (exact) mass is 324 g/mol. The van der Waals surface area contributed by atoms with E-state index in [1.54, 1.807) is 4.90 Å². The molecule has 5 heteroatoms. The lowest BCUT2D eigenvalue weighted by atomic mass is 9.85. The maximum Gasteiger partial charge on any atom is 0.410 e. The van der Waals surface area contributed by atoms with Gasteiger partial charge < -0.3 is 15.0 Å². The Balaban J connectivity index is 1.77. The minimum Gasteiger partial charge on any atom is -0.444 e. The van der Waals surface area contributed by atoms with Crippen molar-refractivity contribution >= 4 is 12.0 Å². The number of ether oxygens (including phenoxy) is 1. The van der Waals surface area contributed by atoms with Crippen molar-refractivity contribution in [2.75, 3.05) is 13.1 Å². The molecule has 2 fully saturated rings. The van der Waals surface area contributed by atoms with E-state index in [4.69, 9.17) is 4.74 Å². The largest absolute Gasteiger partial charge is 0.444 e. The van der Waals surface area contributed by atoms with Crippen LogP contribution in [0.3, 0.4) is 0 Å². The first-order valence-electron chi connectivity index (χ1n) is 9.04. The molecule has 1 aliphatic carbocycles. The topological polar surface area (TPSA) is 58.6 Å². The first-order valence-corrected chi connectivity index (χ1v) is 9.04. The molecule has 2 aliphatic rings. The van der Waals surface area contributed by atoms with Crippen LogP contribution in [0.4, 0.5) is 4.79 Å². The van der Waals surface area contributed by atoms with Crippen LogP contribution in [0.2, 0.25) is 0 Å². The highest BCUT2D eigenvalue weighted by atomic mass is 16.6. The summed E-state index contributed by atoms with van der Waals surface area (Å²) in [4.78, 5) is 26.2. The molecule has 1 saturated carbocycles. The Morgan fingerprint density at radius 3 is 2.22 bits per heavy atom. The van der Waals surface area contributed by atoms with Crippen LogP contribution >= 0.6 is 0 Å². The molecule has 0 radical (unpaired) electrons. The molecule has 0 unspecified atom stereocenters. The minimum absolute atomic E-state index is 0.0304. The van der Waals surface area contributed by atoms with E-state index in [1.807, 2.05) is 20.8 Å². The van der Waals surface area contributed by atoms with Gasteiger partial charge >= 0.3 is 6.09 Å². The van der Waals surface area contributed by atoms with Gasteiger partial charge in [0.2, 0.25) is 5.91 Å². The van der Waals surface area contributed by atoms with Gasteiger partial charge in [0.15, 0.2) is 0 Å². The third-order valence-corrected chi connectivity index (χ3v) is 4.96. The Morgan fingerprint density at radius 2 is 1.65 bits per heavy atom. The fourth-order valence-electron chi connectivity index (χ4n) is 3.48. The number of carbonyl (C=O) groups is 2. The second-order valence-electron chi connectivity index (χ2n) is 8.12. The molecular formula is C18H32N2O3. The number of hydrogen-bond donors (Lipinski definition) is 1. The second kappa shape index (κ2) is 7.54. The fourth-order valence-corrected chi connectivity index (χ4v) is 3.48. The fraction of sp³-hybridized carbons (Fsp3) is 0.889. The molecule has 0 bridgehead atoms. The van der Waals surface area contributed by atoms with E-state index in [1.165, 1.54) is 19.3 Å². The zero-order valence-corrected chi connectivity index (χ0v) is 15.1. The first-order chi connectivity index (χ1) is 10.8. The van der Waals surface area contributed by atoms with Crippen molar-refractivity contribution in [1.82, 2.24) is 10.2 Å². The van der Waals surface area contributed by atoms with E-state index in [-0.39, 0.29) is 17.9 Å². The van der Waals surface area contributed by atoms with Crippen LogP contribution < -0.4 is 5.32 Å². The van der Waals surface area contributed by atoms with Gasteiger partial charge in [-0.2, -0.15) is 0 Å². The normalized spacial score (nSPS) is 26.7. The molecule has 0 aromatic rings. The molecule has 2 rings (SSSR count). The lowest BCUT2D eigenvalue weighted by molar-refractivity contribution is -0.127. The van der Waals surface area contributed by atoms with Crippen LogP contribution in [-0.4, -0.2) is 41.6 Å². The van der Waals surface area contributed by atoms with E-state index in [9.17, 15) is 9.59 Å². The van der Waals surface area contributed by atoms with Crippen molar-refractivity contribution < 1.29 is 14.3 Å². The third-order valence-electron chi connectivity index (χ3n) is 4.96. The molecule has 23 heavy (non-hydrogen) atoms. The highest BCUT2D eigenvalue weighted by Gasteiger charge is 2.31. The molecule has 1 heterocycles. The summed E-state index contributed by atoms with van der Waals surface area (Å²) in [6, 6.07) is 0.333. The van der Waals surface area contributed by atoms with Crippen LogP contribution in [0, 0.1) is 11.8 Å². The highest BCUT2D eigenvalue weighted by molar-refractivity contribution is 5.79. The Morgan fingerprint density at radius 1 is 1.04 bits per heavy atom. The Hall–Kier alpha value is -1.26. The highest BCUT2D eigenvalue weighted by Crippen LogP contribution is 2.25. The molecule has 1 N–H and O–H groups in total. The number of piperidine rings is 1. The summed E-state index contributed by atoms with van der Waals surface area (Å²) < 4.78 is 5.39. The van der Waals surface area contributed by atoms with Gasteiger partial charge in [0, 0.05) is 25.0 Å². The number of nitrogens with one attached hydrogen (secondary N) is 1. The minimum atomic E-state index is -0.470. The molecule has 1 aliphatic heterocycles. The molecular weight excluding hydrogens is 292 g/mol. The predicted octanol–water partition coefficient (Wildman–Crippen LogP) is 3.33. The number of carbonyl (C=O) groups excluding carboxylic acids is 2. The van der Waals surface area contributed by atoms with Crippen molar-refractivity contribution in [2.45, 2.75) is 77.9 Å². The average molecular weight is 324 g/mol. The Kier molecular flexibility index (Phi) is 5.93. The van der Waals surface area contributed by atoms with Gasteiger partial charge in [0.1, 0.15) is 5.60 Å². The van der Waals surface area contributed by atoms with E-state index < -0.39 is 5.60 Å². The third kappa shape index (κ3) is 5.40. The smallest absolute Gasteiger partial charge is 0.410 e.